The van der Waals surface area contributed by atoms with Gasteiger partial charge in [0.25, 0.3) is 5.91 Å². The molecule has 2 aromatic rings. The van der Waals surface area contributed by atoms with Gasteiger partial charge >= 0.3 is 0 Å². The van der Waals surface area contributed by atoms with Crippen molar-refractivity contribution >= 4 is 17.8 Å². The zero-order chi connectivity index (χ0) is 21.6. The summed E-state index contributed by atoms with van der Waals surface area (Å²) in [6.07, 6.45) is 8.32. The maximum absolute atomic E-state index is 13.0. The van der Waals surface area contributed by atoms with Gasteiger partial charge in [0.1, 0.15) is 5.76 Å². The summed E-state index contributed by atoms with van der Waals surface area (Å²) in [6.45, 7) is 4.39. The number of pyridine rings is 1. The first-order valence-electron chi connectivity index (χ1n) is 10.3. The molecule has 0 bridgehead atoms. The number of ketones is 1. The van der Waals surface area contributed by atoms with E-state index >= 15 is 0 Å². The highest BCUT2D eigenvalue weighted by Crippen LogP contribution is 2.37. The second kappa shape index (κ2) is 9.72. The third-order valence-electron chi connectivity index (χ3n) is 5.49. The van der Waals surface area contributed by atoms with Gasteiger partial charge in [-0.05, 0) is 42.3 Å². The molecular formula is C23H25N3O5. The molecule has 8 heteroatoms. The molecule has 8 nitrogen and oxygen atoms in total. The standard InChI is InChI=1S/C23H25N3O5/c27-19(7-6-18-5-2-13-31-18)20-21(17-4-1-8-24-16-17)26(23(29)22(20)28)10-3-9-25-11-14-30-15-12-25/h1-2,4-8,13,16,21,28H,3,9-12,14-15H2/b7-6+. The summed E-state index contributed by atoms with van der Waals surface area (Å²) in [5.74, 6) is -0.968. The second-order valence-electron chi connectivity index (χ2n) is 7.47. The first-order valence-corrected chi connectivity index (χ1v) is 10.3. The number of allylic oxidation sites excluding steroid dienone is 1. The van der Waals surface area contributed by atoms with E-state index < -0.39 is 23.5 Å². The van der Waals surface area contributed by atoms with Crippen LogP contribution in [0.5, 0.6) is 0 Å². The van der Waals surface area contributed by atoms with E-state index in [1.807, 2.05) is 6.07 Å². The minimum absolute atomic E-state index is 0.0622. The third-order valence-corrected chi connectivity index (χ3v) is 5.49. The number of aliphatic hydroxyl groups excluding tert-OH is 1. The first-order chi connectivity index (χ1) is 15.1. The lowest BCUT2D eigenvalue weighted by Crippen LogP contribution is -2.39. The molecule has 4 rings (SSSR count). The van der Waals surface area contributed by atoms with Crippen molar-refractivity contribution in [3.05, 3.63) is 71.7 Å². The van der Waals surface area contributed by atoms with E-state index in [-0.39, 0.29) is 5.57 Å². The normalized spacial score (nSPS) is 20.2. The fourth-order valence-electron chi connectivity index (χ4n) is 3.94. The molecule has 1 amide bonds. The van der Waals surface area contributed by atoms with E-state index in [1.165, 1.54) is 18.4 Å². The lowest BCUT2D eigenvalue weighted by molar-refractivity contribution is -0.129. The number of furan rings is 1. The highest BCUT2D eigenvalue weighted by molar-refractivity contribution is 6.14. The largest absolute Gasteiger partial charge is 0.503 e. The van der Waals surface area contributed by atoms with Gasteiger partial charge in [0, 0.05) is 38.6 Å². The first kappa shape index (κ1) is 21.0. The number of amides is 1. The van der Waals surface area contributed by atoms with Gasteiger partial charge in [-0.25, -0.2) is 0 Å². The number of hydrogen-bond donors (Lipinski definition) is 1. The number of carbonyl (C=O) groups excluding carboxylic acids is 2. The van der Waals surface area contributed by atoms with Gasteiger partial charge in [-0.15, -0.1) is 0 Å². The monoisotopic (exact) mass is 423 g/mol. The minimum atomic E-state index is -0.681. The quantitative estimate of drug-likeness (QED) is 0.651. The number of aliphatic hydroxyl groups is 1. The van der Waals surface area contributed by atoms with Crippen molar-refractivity contribution in [3.8, 4) is 0 Å². The Morgan fingerprint density at radius 1 is 1.23 bits per heavy atom. The number of nitrogens with zero attached hydrogens (tertiary/aromatic N) is 3. The van der Waals surface area contributed by atoms with Gasteiger partial charge in [0.15, 0.2) is 11.5 Å². The van der Waals surface area contributed by atoms with Gasteiger partial charge < -0.3 is 19.2 Å². The fraction of sp³-hybridized carbons (Fsp3) is 0.348. The Morgan fingerprint density at radius 3 is 2.77 bits per heavy atom. The van der Waals surface area contributed by atoms with Crippen LogP contribution in [-0.4, -0.2) is 71.0 Å². The SMILES string of the molecule is O=C(/C=C/c1ccco1)C1=C(O)C(=O)N(CCCN2CCOCC2)C1c1cccnc1. The van der Waals surface area contributed by atoms with Gasteiger partial charge in [-0.2, -0.15) is 0 Å². The Morgan fingerprint density at radius 2 is 2.06 bits per heavy atom. The molecule has 4 heterocycles. The maximum atomic E-state index is 13.0. The van der Waals surface area contributed by atoms with Gasteiger partial charge in [0.2, 0.25) is 0 Å². The van der Waals surface area contributed by atoms with Crippen LogP contribution in [0.1, 0.15) is 23.8 Å². The third kappa shape index (κ3) is 4.76. The lowest BCUT2D eigenvalue weighted by Gasteiger charge is -2.29. The molecule has 0 spiro atoms. The average molecular weight is 423 g/mol. The number of hydrogen-bond acceptors (Lipinski definition) is 7. The van der Waals surface area contributed by atoms with Gasteiger partial charge in [-0.3, -0.25) is 19.5 Å². The Bertz CT molecular complexity index is 962. The smallest absolute Gasteiger partial charge is 0.290 e. The van der Waals surface area contributed by atoms with E-state index in [0.29, 0.717) is 31.1 Å². The van der Waals surface area contributed by atoms with Crippen molar-refractivity contribution in [3.63, 3.8) is 0 Å². The van der Waals surface area contributed by atoms with E-state index in [1.54, 1.807) is 35.5 Å². The van der Waals surface area contributed by atoms with E-state index in [2.05, 4.69) is 9.88 Å². The number of rotatable bonds is 8. The van der Waals surface area contributed by atoms with Crippen molar-refractivity contribution < 1.29 is 23.8 Å². The number of carbonyl (C=O) groups is 2. The van der Waals surface area contributed by atoms with Crippen LogP contribution in [0.4, 0.5) is 0 Å². The van der Waals surface area contributed by atoms with Gasteiger partial charge in [0.05, 0.1) is 31.1 Å². The highest BCUT2D eigenvalue weighted by atomic mass is 16.5. The van der Waals surface area contributed by atoms with Crippen molar-refractivity contribution in [2.24, 2.45) is 0 Å². The summed E-state index contributed by atoms with van der Waals surface area (Å²) in [7, 11) is 0. The van der Waals surface area contributed by atoms with Crippen molar-refractivity contribution in [2.45, 2.75) is 12.5 Å². The molecule has 2 aliphatic rings. The predicted octanol–water partition coefficient (Wildman–Crippen LogP) is 2.37. The molecule has 1 unspecified atom stereocenters. The van der Waals surface area contributed by atoms with E-state index in [9.17, 15) is 14.7 Å². The molecule has 0 aromatic carbocycles. The number of aromatic nitrogens is 1. The molecule has 0 radical (unpaired) electrons. The highest BCUT2D eigenvalue weighted by Gasteiger charge is 2.42. The molecule has 1 N–H and O–H groups in total. The van der Waals surface area contributed by atoms with Crippen molar-refractivity contribution in [1.82, 2.24) is 14.8 Å². The van der Waals surface area contributed by atoms with Crippen molar-refractivity contribution in [2.75, 3.05) is 39.4 Å². The number of morpholine rings is 1. The summed E-state index contributed by atoms with van der Waals surface area (Å²) in [5, 5.41) is 10.6. The Labute approximate surface area is 180 Å². The summed E-state index contributed by atoms with van der Waals surface area (Å²) in [5.41, 5.74) is 0.744. The molecule has 1 fully saturated rings. The van der Waals surface area contributed by atoms with Gasteiger partial charge in [-0.1, -0.05) is 6.07 Å². The van der Waals surface area contributed by atoms with Crippen LogP contribution in [0.2, 0.25) is 0 Å². The topological polar surface area (TPSA) is 96.1 Å². The Balaban J connectivity index is 1.54. The van der Waals surface area contributed by atoms with Crippen LogP contribution in [0.15, 0.2) is 64.7 Å². The van der Waals surface area contributed by atoms with Crippen LogP contribution >= 0.6 is 0 Å². The second-order valence-corrected chi connectivity index (χ2v) is 7.47. The molecule has 1 saturated heterocycles. The van der Waals surface area contributed by atoms with E-state index in [0.717, 1.165) is 26.1 Å². The zero-order valence-corrected chi connectivity index (χ0v) is 17.1. The van der Waals surface area contributed by atoms with Crippen molar-refractivity contribution in [1.29, 1.82) is 0 Å². The summed E-state index contributed by atoms with van der Waals surface area (Å²) in [4.78, 5) is 33.8. The number of ether oxygens (including phenoxy) is 1. The zero-order valence-electron chi connectivity index (χ0n) is 17.1. The Kier molecular flexibility index (Phi) is 6.59. The van der Waals surface area contributed by atoms with Crippen LogP contribution in [0.25, 0.3) is 6.08 Å². The molecule has 0 aliphatic carbocycles. The summed E-state index contributed by atoms with van der Waals surface area (Å²) in [6, 6.07) is 6.31. The molecule has 31 heavy (non-hydrogen) atoms. The van der Waals surface area contributed by atoms with Crippen LogP contribution in [-0.2, 0) is 14.3 Å². The average Bonchev–Trinajstić information content (AvgIpc) is 3.41. The maximum Gasteiger partial charge on any atom is 0.290 e. The predicted molar refractivity (Wildman–Crippen MR) is 113 cm³/mol. The molecule has 2 aliphatic heterocycles. The molecule has 0 saturated carbocycles. The molecule has 162 valence electrons. The Hall–Kier alpha value is -3.23. The van der Waals surface area contributed by atoms with Crippen LogP contribution < -0.4 is 0 Å². The molecular weight excluding hydrogens is 398 g/mol. The summed E-state index contributed by atoms with van der Waals surface area (Å²) >= 11 is 0. The minimum Gasteiger partial charge on any atom is -0.503 e. The van der Waals surface area contributed by atoms with E-state index in [4.69, 9.17) is 9.15 Å². The lowest BCUT2D eigenvalue weighted by atomic mass is 9.97. The molecule has 1 atom stereocenters. The molecule has 2 aromatic heterocycles. The summed E-state index contributed by atoms with van der Waals surface area (Å²) < 4.78 is 10.6. The van der Waals surface area contributed by atoms with Crippen LogP contribution in [0, 0.1) is 0 Å². The fourth-order valence-corrected chi connectivity index (χ4v) is 3.94. The van der Waals surface area contributed by atoms with Crippen LogP contribution in [0.3, 0.4) is 0 Å².